The van der Waals surface area contributed by atoms with Crippen LogP contribution in [-0.4, -0.2) is 49.3 Å². The minimum Gasteiger partial charge on any atom is -0.490 e. The van der Waals surface area contributed by atoms with Crippen LogP contribution in [0.2, 0.25) is 0 Å². The number of likely N-dealkylation sites (tertiary alicyclic amines) is 1. The molecule has 1 amide bonds. The Kier molecular flexibility index (Phi) is 6.31. The first-order valence-electron chi connectivity index (χ1n) is 8.66. The van der Waals surface area contributed by atoms with E-state index in [1.165, 1.54) is 0 Å². The van der Waals surface area contributed by atoms with E-state index in [1.54, 1.807) is 12.1 Å². The smallest absolute Gasteiger partial charge is 0.254 e. The summed E-state index contributed by atoms with van der Waals surface area (Å²) in [5.41, 5.74) is 6.57. The van der Waals surface area contributed by atoms with Gasteiger partial charge in [0.1, 0.15) is 0 Å². The van der Waals surface area contributed by atoms with Crippen LogP contribution >= 0.6 is 0 Å². The molecule has 0 bridgehead atoms. The van der Waals surface area contributed by atoms with Gasteiger partial charge in [-0.15, -0.1) is 0 Å². The quantitative estimate of drug-likeness (QED) is 0.828. The summed E-state index contributed by atoms with van der Waals surface area (Å²) in [4.78, 5) is 14.7. The van der Waals surface area contributed by atoms with Crippen molar-refractivity contribution in [3.63, 3.8) is 0 Å². The van der Waals surface area contributed by atoms with Crippen molar-refractivity contribution in [3.05, 3.63) is 17.7 Å². The molecule has 1 heterocycles. The molecule has 134 valence electrons. The first-order chi connectivity index (χ1) is 11.5. The molecule has 1 fully saturated rings. The summed E-state index contributed by atoms with van der Waals surface area (Å²) < 4.78 is 17.0. The van der Waals surface area contributed by atoms with Crippen molar-refractivity contribution < 1.29 is 19.0 Å². The van der Waals surface area contributed by atoms with E-state index >= 15 is 0 Å². The topological polar surface area (TPSA) is 74.0 Å². The van der Waals surface area contributed by atoms with Crippen LogP contribution in [0.1, 0.15) is 44.5 Å². The van der Waals surface area contributed by atoms with Crippen LogP contribution in [0.3, 0.4) is 0 Å². The summed E-state index contributed by atoms with van der Waals surface area (Å²) in [6, 6.07) is 3.51. The van der Waals surface area contributed by atoms with E-state index in [9.17, 15) is 4.79 Å². The Morgan fingerprint density at radius 2 is 1.67 bits per heavy atom. The van der Waals surface area contributed by atoms with Crippen molar-refractivity contribution in [2.75, 3.05) is 26.4 Å². The molecule has 1 aliphatic rings. The molecule has 1 aromatic rings. The molecule has 1 saturated heterocycles. The molecule has 1 aromatic carbocycles. The molecule has 1 aliphatic heterocycles. The molecule has 24 heavy (non-hydrogen) atoms. The maximum atomic E-state index is 12.9. The average Bonchev–Trinajstić information content (AvgIpc) is 2.89. The standard InChI is InChI=1S/C18H28N2O4/c1-5-22-15-10-13(11-16(23-6-2)17(15)24-7-3)18(21)20-9-8-14(19)12(20)4/h10-12,14H,5-9,19H2,1-4H3. The summed E-state index contributed by atoms with van der Waals surface area (Å²) >= 11 is 0. The molecule has 0 aromatic heterocycles. The third-order valence-electron chi connectivity index (χ3n) is 4.23. The van der Waals surface area contributed by atoms with Crippen LogP contribution in [0.25, 0.3) is 0 Å². The largest absolute Gasteiger partial charge is 0.490 e. The highest BCUT2D eigenvalue weighted by molar-refractivity contribution is 5.96. The van der Waals surface area contributed by atoms with E-state index in [2.05, 4.69) is 0 Å². The number of carbonyl (C=O) groups excluding carboxylic acids is 1. The van der Waals surface area contributed by atoms with Crippen LogP contribution in [0.4, 0.5) is 0 Å². The zero-order valence-corrected chi connectivity index (χ0v) is 15.0. The van der Waals surface area contributed by atoms with Gasteiger partial charge < -0.3 is 24.8 Å². The summed E-state index contributed by atoms with van der Waals surface area (Å²) in [5, 5.41) is 0. The molecule has 6 nitrogen and oxygen atoms in total. The van der Waals surface area contributed by atoms with E-state index in [4.69, 9.17) is 19.9 Å². The Labute approximate surface area is 143 Å². The molecular formula is C18H28N2O4. The van der Waals surface area contributed by atoms with Gasteiger partial charge >= 0.3 is 0 Å². The zero-order chi connectivity index (χ0) is 17.7. The van der Waals surface area contributed by atoms with Gasteiger partial charge in [-0.05, 0) is 46.2 Å². The van der Waals surface area contributed by atoms with Gasteiger partial charge in [-0.2, -0.15) is 0 Å². The minimum atomic E-state index is -0.0552. The summed E-state index contributed by atoms with van der Waals surface area (Å²) in [6.07, 6.45) is 0.820. The monoisotopic (exact) mass is 336 g/mol. The van der Waals surface area contributed by atoms with Gasteiger partial charge in [0, 0.05) is 24.2 Å². The van der Waals surface area contributed by atoms with Gasteiger partial charge in [-0.3, -0.25) is 4.79 Å². The number of benzene rings is 1. The van der Waals surface area contributed by atoms with E-state index in [0.29, 0.717) is 49.2 Å². The fraction of sp³-hybridized carbons (Fsp3) is 0.611. The number of nitrogens with zero attached hydrogens (tertiary/aromatic N) is 1. The minimum absolute atomic E-state index is 0.0226. The highest BCUT2D eigenvalue weighted by Crippen LogP contribution is 2.39. The molecular weight excluding hydrogens is 308 g/mol. The second-order valence-corrected chi connectivity index (χ2v) is 5.79. The van der Waals surface area contributed by atoms with Crippen molar-refractivity contribution in [1.82, 2.24) is 4.90 Å². The number of hydrogen-bond acceptors (Lipinski definition) is 5. The lowest BCUT2D eigenvalue weighted by Gasteiger charge is -2.24. The van der Waals surface area contributed by atoms with Gasteiger partial charge in [0.05, 0.1) is 19.8 Å². The number of hydrogen-bond donors (Lipinski definition) is 1. The lowest BCUT2D eigenvalue weighted by molar-refractivity contribution is 0.0741. The number of amides is 1. The second-order valence-electron chi connectivity index (χ2n) is 5.79. The SMILES string of the molecule is CCOc1cc(C(=O)N2CCC(N)C2C)cc(OCC)c1OCC. The number of carbonyl (C=O) groups is 1. The van der Waals surface area contributed by atoms with E-state index < -0.39 is 0 Å². The summed E-state index contributed by atoms with van der Waals surface area (Å²) in [6.45, 7) is 9.80. The lowest BCUT2D eigenvalue weighted by atomic mass is 10.1. The number of rotatable bonds is 7. The summed E-state index contributed by atoms with van der Waals surface area (Å²) in [7, 11) is 0. The van der Waals surface area contributed by atoms with Crippen LogP contribution in [0.15, 0.2) is 12.1 Å². The van der Waals surface area contributed by atoms with Crippen molar-refractivity contribution >= 4 is 5.91 Å². The third kappa shape index (κ3) is 3.75. The van der Waals surface area contributed by atoms with Crippen molar-refractivity contribution in [2.45, 2.75) is 46.2 Å². The van der Waals surface area contributed by atoms with Gasteiger partial charge in [0.25, 0.3) is 5.91 Å². The fourth-order valence-electron chi connectivity index (χ4n) is 2.93. The Balaban J connectivity index is 2.40. The molecule has 0 radical (unpaired) electrons. The predicted molar refractivity (Wildman–Crippen MR) is 93.0 cm³/mol. The highest BCUT2D eigenvalue weighted by Gasteiger charge is 2.32. The Hall–Kier alpha value is -1.95. The molecule has 6 heteroatoms. The van der Waals surface area contributed by atoms with E-state index in [0.717, 1.165) is 6.42 Å². The van der Waals surface area contributed by atoms with E-state index in [-0.39, 0.29) is 18.0 Å². The van der Waals surface area contributed by atoms with Gasteiger partial charge in [-0.1, -0.05) is 0 Å². The normalized spacial score (nSPS) is 20.1. The lowest BCUT2D eigenvalue weighted by Crippen LogP contribution is -2.40. The first-order valence-corrected chi connectivity index (χ1v) is 8.66. The maximum Gasteiger partial charge on any atom is 0.254 e. The van der Waals surface area contributed by atoms with Crippen LogP contribution in [0.5, 0.6) is 17.2 Å². The Morgan fingerprint density at radius 3 is 2.08 bits per heavy atom. The maximum absolute atomic E-state index is 12.9. The van der Waals surface area contributed by atoms with Gasteiger partial charge in [0.15, 0.2) is 11.5 Å². The second kappa shape index (κ2) is 8.24. The molecule has 0 saturated carbocycles. The Morgan fingerprint density at radius 1 is 1.12 bits per heavy atom. The zero-order valence-electron chi connectivity index (χ0n) is 15.0. The highest BCUT2D eigenvalue weighted by atomic mass is 16.5. The molecule has 2 unspecified atom stereocenters. The van der Waals surface area contributed by atoms with Gasteiger partial charge in [-0.25, -0.2) is 0 Å². The number of ether oxygens (including phenoxy) is 3. The Bertz CT molecular complexity index is 549. The summed E-state index contributed by atoms with van der Waals surface area (Å²) in [5.74, 6) is 1.55. The van der Waals surface area contributed by atoms with Crippen LogP contribution in [-0.2, 0) is 0 Å². The fourth-order valence-corrected chi connectivity index (χ4v) is 2.93. The van der Waals surface area contributed by atoms with Gasteiger partial charge in [0.2, 0.25) is 5.75 Å². The van der Waals surface area contributed by atoms with Crippen LogP contribution in [0, 0.1) is 0 Å². The molecule has 2 N–H and O–H groups in total. The molecule has 0 spiro atoms. The molecule has 0 aliphatic carbocycles. The molecule has 2 rings (SSSR count). The van der Waals surface area contributed by atoms with E-state index in [1.807, 2.05) is 32.6 Å². The van der Waals surface area contributed by atoms with Crippen LogP contribution < -0.4 is 19.9 Å². The first kappa shape index (κ1) is 18.4. The molecule has 2 atom stereocenters. The average molecular weight is 336 g/mol. The van der Waals surface area contributed by atoms with Crippen molar-refractivity contribution in [1.29, 1.82) is 0 Å². The number of nitrogens with two attached hydrogens (primary N) is 1. The van der Waals surface area contributed by atoms with Crippen molar-refractivity contribution in [2.24, 2.45) is 5.73 Å². The third-order valence-corrected chi connectivity index (χ3v) is 4.23. The predicted octanol–water partition coefficient (Wildman–Crippen LogP) is 2.44. The van der Waals surface area contributed by atoms with Crippen molar-refractivity contribution in [3.8, 4) is 17.2 Å².